The van der Waals surface area contributed by atoms with Crippen molar-refractivity contribution in [1.82, 2.24) is 10.6 Å². The highest BCUT2D eigenvalue weighted by molar-refractivity contribution is 5.86. The number of aliphatic carboxylic acids is 1. The molecule has 0 aliphatic rings. The van der Waals surface area contributed by atoms with Gasteiger partial charge in [-0.05, 0) is 34.2 Å². The number of hydrogen-bond donors (Lipinski definition) is 3. The van der Waals surface area contributed by atoms with Crippen LogP contribution in [-0.2, 0) is 9.59 Å². The van der Waals surface area contributed by atoms with E-state index in [0.29, 0.717) is 6.42 Å². The number of carboxylic acid groups (broad SMARTS) is 1. The molecule has 0 radical (unpaired) electrons. The summed E-state index contributed by atoms with van der Waals surface area (Å²) in [5, 5.41) is 14.6. The molecule has 0 aromatic rings. The highest BCUT2D eigenvalue weighted by atomic mass is 16.4. The van der Waals surface area contributed by atoms with Gasteiger partial charge in [-0.25, -0.2) is 0 Å². The van der Waals surface area contributed by atoms with Gasteiger partial charge < -0.3 is 15.7 Å². The molecule has 0 aromatic heterocycles. The first kappa shape index (κ1) is 14.9. The van der Waals surface area contributed by atoms with Crippen molar-refractivity contribution in [3.63, 3.8) is 0 Å². The monoisotopic (exact) mass is 230 g/mol. The van der Waals surface area contributed by atoms with Crippen LogP contribution < -0.4 is 10.6 Å². The summed E-state index contributed by atoms with van der Waals surface area (Å²) in [6.07, 6.45) is 0.475. The Morgan fingerprint density at radius 3 is 2.06 bits per heavy atom. The van der Waals surface area contributed by atoms with Gasteiger partial charge in [-0.2, -0.15) is 0 Å². The van der Waals surface area contributed by atoms with E-state index < -0.39 is 16.9 Å². The van der Waals surface area contributed by atoms with Crippen molar-refractivity contribution in [2.75, 3.05) is 13.6 Å². The predicted molar refractivity (Wildman–Crippen MR) is 62.2 cm³/mol. The lowest BCUT2D eigenvalue weighted by atomic mass is 9.87. The molecule has 1 unspecified atom stereocenters. The molecule has 0 heterocycles. The molecule has 0 aliphatic heterocycles. The van der Waals surface area contributed by atoms with Crippen LogP contribution >= 0.6 is 0 Å². The molecule has 0 saturated carbocycles. The normalized spacial score (nSPS) is 15.3. The van der Waals surface area contributed by atoms with Gasteiger partial charge in [-0.15, -0.1) is 0 Å². The van der Waals surface area contributed by atoms with Crippen LogP contribution in [0.3, 0.4) is 0 Å². The quantitative estimate of drug-likeness (QED) is 0.624. The van der Waals surface area contributed by atoms with Crippen molar-refractivity contribution in [3.05, 3.63) is 0 Å². The Morgan fingerprint density at radius 1 is 1.25 bits per heavy atom. The number of hydrogen-bond acceptors (Lipinski definition) is 3. The average Bonchev–Trinajstić information content (AvgIpc) is 2.24. The van der Waals surface area contributed by atoms with Gasteiger partial charge in [0.05, 0.1) is 11.0 Å². The van der Waals surface area contributed by atoms with E-state index in [2.05, 4.69) is 10.6 Å². The number of carboxylic acids is 1. The second-order valence-electron chi connectivity index (χ2n) is 4.78. The first-order valence-corrected chi connectivity index (χ1v) is 5.40. The molecule has 16 heavy (non-hydrogen) atoms. The second-order valence-corrected chi connectivity index (χ2v) is 4.78. The SMILES string of the molecule is CCC(C)(CNC(=O)C(C)(C)NC)C(=O)O. The summed E-state index contributed by atoms with van der Waals surface area (Å²) in [7, 11) is 1.69. The molecule has 0 bridgehead atoms. The lowest BCUT2D eigenvalue weighted by Crippen LogP contribution is -2.53. The fraction of sp³-hybridized carbons (Fsp3) is 0.818. The maximum absolute atomic E-state index is 11.7. The maximum Gasteiger partial charge on any atom is 0.311 e. The third kappa shape index (κ3) is 3.48. The van der Waals surface area contributed by atoms with Gasteiger partial charge in [0.25, 0.3) is 0 Å². The Bertz CT molecular complexity index is 276. The maximum atomic E-state index is 11.7. The lowest BCUT2D eigenvalue weighted by molar-refractivity contribution is -0.148. The molecule has 0 aliphatic carbocycles. The van der Waals surface area contributed by atoms with Gasteiger partial charge in [0, 0.05) is 6.54 Å². The fourth-order valence-electron chi connectivity index (χ4n) is 0.962. The van der Waals surface area contributed by atoms with Crippen molar-refractivity contribution in [1.29, 1.82) is 0 Å². The minimum atomic E-state index is -0.903. The molecule has 0 aromatic carbocycles. The van der Waals surface area contributed by atoms with E-state index in [9.17, 15) is 9.59 Å². The number of likely N-dealkylation sites (N-methyl/N-ethyl adjacent to an activating group) is 1. The molecule has 3 N–H and O–H groups in total. The minimum Gasteiger partial charge on any atom is -0.481 e. The number of carbonyl (C=O) groups is 2. The van der Waals surface area contributed by atoms with E-state index in [-0.39, 0.29) is 12.5 Å². The summed E-state index contributed by atoms with van der Waals surface area (Å²) in [6, 6.07) is 0. The smallest absolute Gasteiger partial charge is 0.311 e. The fourth-order valence-corrected chi connectivity index (χ4v) is 0.962. The zero-order valence-corrected chi connectivity index (χ0v) is 10.7. The van der Waals surface area contributed by atoms with Crippen LogP contribution in [0.4, 0.5) is 0 Å². The number of nitrogens with one attached hydrogen (secondary N) is 2. The van der Waals surface area contributed by atoms with Crippen LogP contribution in [0.2, 0.25) is 0 Å². The molecule has 94 valence electrons. The summed E-state index contributed by atoms with van der Waals surface area (Å²) in [6.45, 7) is 7.05. The van der Waals surface area contributed by atoms with Gasteiger partial charge >= 0.3 is 5.97 Å². The Hall–Kier alpha value is -1.10. The van der Waals surface area contributed by atoms with Crippen molar-refractivity contribution >= 4 is 11.9 Å². The summed E-state index contributed by atoms with van der Waals surface area (Å²) in [5.74, 6) is -1.09. The van der Waals surface area contributed by atoms with Gasteiger partial charge in [-0.3, -0.25) is 9.59 Å². The topological polar surface area (TPSA) is 78.4 Å². The van der Waals surface area contributed by atoms with Crippen molar-refractivity contribution in [3.8, 4) is 0 Å². The second kappa shape index (κ2) is 5.30. The molecule has 0 fully saturated rings. The average molecular weight is 230 g/mol. The largest absolute Gasteiger partial charge is 0.481 e. The van der Waals surface area contributed by atoms with Crippen LogP contribution in [0.15, 0.2) is 0 Å². The molecule has 0 spiro atoms. The van der Waals surface area contributed by atoms with Crippen LogP contribution in [0.5, 0.6) is 0 Å². The third-order valence-electron chi connectivity index (χ3n) is 3.13. The first-order chi connectivity index (χ1) is 7.19. The summed E-state index contributed by atoms with van der Waals surface area (Å²) >= 11 is 0. The van der Waals surface area contributed by atoms with Crippen LogP contribution in [0.25, 0.3) is 0 Å². The van der Waals surface area contributed by atoms with Crippen molar-refractivity contribution in [2.24, 2.45) is 5.41 Å². The third-order valence-corrected chi connectivity index (χ3v) is 3.13. The minimum absolute atomic E-state index is 0.142. The number of rotatable bonds is 6. The van der Waals surface area contributed by atoms with Gasteiger partial charge in [0.15, 0.2) is 0 Å². The van der Waals surface area contributed by atoms with Gasteiger partial charge in [-0.1, -0.05) is 6.92 Å². The Balaban J connectivity index is 4.45. The number of amides is 1. The molecule has 1 amide bonds. The van der Waals surface area contributed by atoms with E-state index in [1.54, 1.807) is 34.7 Å². The Labute approximate surface area is 96.6 Å². The molecule has 1 atom stereocenters. The van der Waals surface area contributed by atoms with Gasteiger partial charge in [0.1, 0.15) is 0 Å². The van der Waals surface area contributed by atoms with Crippen LogP contribution in [0, 0.1) is 5.41 Å². The van der Waals surface area contributed by atoms with E-state index in [0.717, 1.165) is 0 Å². The molecule has 5 heteroatoms. The van der Waals surface area contributed by atoms with E-state index in [4.69, 9.17) is 5.11 Å². The Morgan fingerprint density at radius 2 is 1.75 bits per heavy atom. The van der Waals surface area contributed by atoms with Crippen molar-refractivity contribution < 1.29 is 14.7 Å². The zero-order valence-electron chi connectivity index (χ0n) is 10.7. The predicted octanol–water partition coefficient (Wildman–Crippen LogP) is 0.602. The van der Waals surface area contributed by atoms with Crippen LogP contribution in [-0.4, -0.2) is 36.1 Å². The highest BCUT2D eigenvalue weighted by Crippen LogP contribution is 2.20. The van der Waals surface area contributed by atoms with E-state index >= 15 is 0 Å². The standard InChI is InChI=1S/C11H22N2O3/c1-6-11(4,9(15)16)7-13-8(14)10(2,3)12-5/h12H,6-7H2,1-5H3,(H,13,14)(H,15,16). The van der Waals surface area contributed by atoms with Crippen molar-refractivity contribution in [2.45, 2.75) is 39.7 Å². The summed E-state index contributed by atoms with van der Waals surface area (Å²) < 4.78 is 0. The molecule has 0 saturated heterocycles. The lowest BCUT2D eigenvalue weighted by Gasteiger charge is -2.27. The molecule has 0 rings (SSSR count). The van der Waals surface area contributed by atoms with E-state index in [1.807, 2.05) is 0 Å². The number of carbonyl (C=O) groups excluding carboxylic acids is 1. The Kier molecular flexibility index (Phi) is 4.93. The van der Waals surface area contributed by atoms with E-state index in [1.165, 1.54) is 0 Å². The highest BCUT2D eigenvalue weighted by Gasteiger charge is 2.33. The summed E-state index contributed by atoms with van der Waals surface area (Å²) in [4.78, 5) is 22.7. The summed E-state index contributed by atoms with van der Waals surface area (Å²) in [5.41, 5.74) is -1.59. The molecular formula is C11H22N2O3. The first-order valence-electron chi connectivity index (χ1n) is 5.40. The zero-order chi connectivity index (χ0) is 13.0. The molecular weight excluding hydrogens is 208 g/mol. The van der Waals surface area contributed by atoms with Crippen LogP contribution in [0.1, 0.15) is 34.1 Å². The van der Waals surface area contributed by atoms with Gasteiger partial charge in [0.2, 0.25) is 5.91 Å². The molecule has 5 nitrogen and oxygen atoms in total.